The van der Waals surface area contributed by atoms with E-state index in [9.17, 15) is 9.59 Å². The molecule has 1 atom stereocenters. The Balaban J connectivity index is 1.54. The third-order valence-electron chi connectivity index (χ3n) is 6.27. The van der Waals surface area contributed by atoms with Gasteiger partial charge in [0.05, 0.1) is 29.2 Å². The second-order valence-electron chi connectivity index (χ2n) is 8.28. The van der Waals surface area contributed by atoms with Gasteiger partial charge in [-0.25, -0.2) is 4.98 Å². The van der Waals surface area contributed by atoms with E-state index in [4.69, 9.17) is 16.9 Å². The number of carbonyl (C=O) groups is 2. The van der Waals surface area contributed by atoms with Crippen LogP contribution in [0.2, 0.25) is 0 Å². The van der Waals surface area contributed by atoms with Gasteiger partial charge >= 0.3 is 11.8 Å². The van der Waals surface area contributed by atoms with Crippen LogP contribution in [0, 0.1) is 5.41 Å². The van der Waals surface area contributed by atoms with E-state index in [-0.39, 0.29) is 28.8 Å². The molecule has 6 N–H and O–H groups in total. The number of aromatic nitrogens is 1. The number of nitrogen functional groups attached to an aromatic ring is 2. The van der Waals surface area contributed by atoms with E-state index in [0.29, 0.717) is 6.54 Å². The molecule has 168 valence electrons. The number of rotatable bonds is 4. The molecule has 0 radical (unpaired) electrons. The van der Waals surface area contributed by atoms with Crippen LogP contribution < -0.4 is 21.7 Å². The van der Waals surface area contributed by atoms with Gasteiger partial charge in [0.1, 0.15) is 5.82 Å². The summed E-state index contributed by atoms with van der Waals surface area (Å²) >= 11 is 0. The lowest BCUT2D eigenvalue weighted by Gasteiger charge is -2.36. The Bertz CT molecular complexity index is 1030. The zero-order valence-electron chi connectivity index (χ0n) is 18.0. The van der Waals surface area contributed by atoms with Crippen LogP contribution >= 0.6 is 0 Å². The zero-order valence-corrected chi connectivity index (χ0v) is 18.0. The van der Waals surface area contributed by atoms with Crippen LogP contribution in [0.3, 0.4) is 0 Å². The van der Waals surface area contributed by atoms with E-state index in [1.54, 1.807) is 4.90 Å². The molecular formula is C23H29N7O2. The van der Waals surface area contributed by atoms with Crippen molar-refractivity contribution in [1.29, 1.82) is 5.41 Å². The number of pyridine rings is 1. The van der Waals surface area contributed by atoms with Crippen molar-refractivity contribution in [3.8, 4) is 0 Å². The Morgan fingerprint density at radius 1 is 1.12 bits per heavy atom. The van der Waals surface area contributed by atoms with Crippen molar-refractivity contribution in [2.24, 2.45) is 0 Å². The van der Waals surface area contributed by atoms with Gasteiger partial charge in [0.25, 0.3) is 0 Å². The normalized spacial score (nSPS) is 18.4. The van der Waals surface area contributed by atoms with Gasteiger partial charge in [0.2, 0.25) is 0 Å². The van der Waals surface area contributed by atoms with Crippen molar-refractivity contribution in [3.63, 3.8) is 0 Å². The van der Waals surface area contributed by atoms with Crippen LogP contribution in [-0.2, 0) is 9.59 Å². The monoisotopic (exact) mass is 435 g/mol. The SMILES string of the molecule is N=Cc1c(N)ncc(NC(=O)C(=O)N2CCCC[C@H]2c2cccc(N3CCCC3)c2)c1N. The largest absolute Gasteiger partial charge is 0.396 e. The standard InChI is InChI=1S/C23H29N7O2/c24-13-17-20(25)18(14-27-21(17)26)28-22(31)23(32)30-11-2-1-8-19(30)15-6-5-7-16(12-15)29-9-3-4-10-29/h5-7,12-14,19,24H,1-4,8-11H2,(H,28,31)(H4,25,26,27)/t19-/m0/s1. The lowest BCUT2D eigenvalue weighted by Crippen LogP contribution is -2.44. The molecule has 4 rings (SSSR count). The molecule has 3 heterocycles. The molecule has 32 heavy (non-hydrogen) atoms. The van der Waals surface area contributed by atoms with Gasteiger partial charge in [-0.05, 0) is 49.8 Å². The van der Waals surface area contributed by atoms with Gasteiger partial charge < -0.3 is 32.0 Å². The maximum absolute atomic E-state index is 13.1. The second kappa shape index (κ2) is 9.25. The number of carbonyl (C=O) groups excluding carboxylic acids is 2. The van der Waals surface area contributed by atoms with E-state index < -0.39 is 11.8 Å². The quantitative estimate of drug-likeness (QED) is 0.429. The van der Waals surface area contributed by atoms with E-state index in [1.165, 1.54) is 24.7 Å². The average Bonchev–Trinajstić information content (AvgIpc) is 3.36. The van der Waals surface area contributed by atoms with Crippen LogP contribution in [0.1, 0.15) is 49.3 Å². The highest BCUT2D eigenvalue weighted by molar-refractivity contribution is 6.40. The molecule has 0 unspecified atom stereocenters. The summed E-state index contributed by atoms with van der Waals surface area (Å²) in [4.78, 5) is 33.9. The summed E-state index contributed by atoms with van der Waals surface area (Å²) in [5.41, 5.74) is 14.4. The highest BCUT2D eigenvalue weighted by atomic mass is 16.2. The molecule has 1 aromatic carbocycles. The van der Waals surface area contributed by atoms with Crippen molar-refractivity contribution < 1.29 is 9.59 Å². The van der Waals surface area contributed by atoms with Crippen LogP contribution in [0.5, 0.6) is 0 Å². The fourth-order valence-corrected chi connectivity index (χ4v) is 4.54. The summed E-state index contributed by atoms with van der Waals surface area (Å²) in [6.45, 7) is 2.62. The predicted molar refractivity (Wildman–Crippen MR) is 126 cm³/mol. The molecular weight excluding hydrogens is 406 g/mol. The molecule has 0 aliphatic carbocycles. The van der Waals surface area contributed by atoms with Gasteiger partial charge in [0, 0.05) is 31.5 Å². The Morgan fingerprint density at radius 2 is 1.88 bits per heavy atom. The first-order chi connectivity index (χ1) is 15.5. The number of nitrogens with one attached hydrogen (secondary N) is 2. The number of hydrogen-bond donors (Lipinski definition) is 4. The molecule has 1 aromatic heterocycles. The number of piperidine rings is 1. The number of hydrogen-bond acceptors (Lipinski definition) is 7. The summed E-state index contributed by atoms with van der Waals surface area (Å²) < 4.78 is 0. The van der Waals surface area contributed by atoms with Crippen LogP contribution in [0.15, 0.2) is 30.5 Å². The Kier molecular flexibility index (Phi) is 6.25. The predicted octanol–water partition coefficient (Wildman–Crippen LogP) is 2.54. The summed E-state index contributed by atoms with van der Waals surface area (Å²) in [5.74, 6) is -1.29. The molecule has 0 saturated carbocycles. The first-order valence-electron chi connectivity index (χ1n) is 11.0. The van der Waals surface area contributed by atoms with Crippen molar-refractivity contribution in [1.82, 2.24) is 9.88 Å². The lowest BCUT2D eigenvalue weighted by molar-refractivity contribution is -0.145. The van der Waals surface area contributed by atoms with Gasteiger partial charge in [-0.15, -0.1) is 0 Å². The third-order valence-corrected chi connectivity index (χ3v) is 6.27. The maximum atomic E-state index is 13.1. The fourth-order valence-electron chi connectivity index (χ4n) is 4.54. The molecule has 0 bridgehead atoms. The summed E-state index contributed by atoms with van der Waals surface area (Å²) in [5, 5.41) is 9.99. The molecule has 2 aliphatic heterocycles. The Hall–Kier alpha value is -3.62. The molecule has 9 heteroatoms. The lowest BCUT2D eigenvalue weighted by atomic mass is 9.94. The number of nitrogens with zero attached hydrogens (tertiary/aromatic N) is 3. The van der Waals surface area contributed by atoms with E-state index in [2.05, 4.69) is 27.3 Å². The van der Waals surface area contributed by atoms with Crippen LogP contribution in [0.4, 0.5) is 22.9 Å². The van der Waals surface area contributed by atoms with Crippen molar-refractivity contribution in [2.75, 3.05) is 41.3 Å². The van der Waals surface area contributed by atoms with Gasteiger partial charge in [-0.3, -0.25) is 9.59 Å². The highest BCUT2D eigenvalue weighted by Gasteiger charge is 2.32. The first kappa shape index (κ1) is 21.6. The van der Waals surface area contributed by atoms with Gasteiger partial charge in [-0.1, -0.05) is 12.1 Å². The van der Waals surface area contributed by atoms with Crippen LogP contribution in [0.25, 0.3) is 0 Å². The summed E-state index contributed by atoms with van der Waals surface area (Å²) in [6, 6.07) is 8.17. The Morgan fingerprint density at radius 3 is 2.62 bits per heavy atom. The minimum atomic E-state index is -0.776. The van der Waals surface area contributed by atoms with E-state index in [1.807, 2.05) is 12.1 Å². The molecule has 0 spiro atoms. The number of amides is 2. The highest BCUT2D eigenvalue weighted by Crippen LogP contribution is 2.34. The number of anilines is 4. The molecule has 9 nitrogen and oxygen atoms in total. The second-order valence-corrected chi connectivity index (χ2v) is 8.28. The topological polar surface area (TPSA) is 141 Å². The number of nitrogens with two attached hydrogens (primary N) is 2. The Labute approximate surface area is 187 Å². The van der Waals surface area contributed by atoms with Crippen LogP contribution in [-0.4, -0.2) is 47.5 Å². The average molecular weight is 436 g/mol. The van der Waals surface area contributed by atoms with Crippen molar-refractivity contribution in [2.45, 2.75) is 38.1 Å². The zero-order chi connectivity index (χ0) is 22.7. The van der Waals surface area contributed by atoms with E-state index in [0.717, 1.165) is 44.1 Å². The number of benzene rings is 1. The molecule has 2 amide bonds. The maximum Gasteiger partial charge on any atom is 0.314 e. The minimum absolute atomic E-state index is 0.0933. The van der Waals surface area contributed by atoms with Crippen molar-refractivity contribution in [3.05, 3.63) is 41.6 Å². The van der Waals surface area contributed by atoms with Crippen molar-refractivity contribution >= 4 is 40.9 Å². The van der Waals surface area contributed by atoms with E-state index >= 15 is 0 Å². The molecule has 2 fully saturated rings. The molecule has 2 aromatic rings. The smallest absolute Gasteiger partial charge is 0.314 e. The third kappa shape index (κ3) is 4.23. The summed E-state index contributed by atoms with van der Waals surface area (Å²) in [6.07, 6.45) is 7.33. The van der Waals surface area contributed by atoms with Gasteiger partial charge in [-0.2, -0.15) is 0 Å². The minimum Gasteiger partial charge on any atom is -0.396 e. The first-order valence-corrected chi connectivity index (χ1v) is 11.0. The van der Waals surface area contributed by atoms with Gasteiger partial charge in [0.15, 0.2) is 0 Å². The number of likely N-dealkylation sites (tertiary alicyclic amines) is 1. The molecule has 2 aliphatic rings. The molecule has 2 saturated heterocycles. The summed E-state index contributed by atoms with van der Waals surface area (Å²) in [7, 11) is 0. The fraction of sp³-hybridized carbons (Fsp3) is 0.391.